The van der Waals surface area contributed by atoms with E-state index in [1.54, 1.807) is 25.1 Å². The summed E-state index contributed by atoms with van der Waals surface area (Å²) in [7, 11) is 1.21. The summed E-state index contributed by atoms with van der Waals surface area (Å²) >= 11 is 0. The molecule has 1 aliphatic rings. The van der Waals surface area contributed by atoms with E-state index < -0.39 is 23.3 Å². The molecule has 2 heterocycles. The van der Waals surface area contributed by atoms with Gasteiger partial charge in [0.15, 0.2) is 0 Å². The number of halogens is 1. The minimum atomic E-state index is -0.740. The van der Waals surface area contributed by atoms with E-state index in [0.717, 1.165) is 24.6 Å². The first kappa shape index (κ1) is 18.9. The van der Waals surface area contributed by atoms with Crippen LogP contribution in [0.2, 0.25) is 0 Å². The first-order valence-electron chi connectivity index (χ1n) is 9.20. The highest BCUT2D eigenvalue weighted by molar-refractivity contribution is 5.93. The highest BCUT2D eigenvalue weighted by Gasteiger charge is 2.30. The number of hydrogen-bond acceptors (Lipinski definition) is 4. The van der Waals surface area contributed by atoms with Crippen molar-refractivity contribution in [2.75, 3.05) is 7.11 Å². The standard InChI is InChI=1S/C22H19FN2O4/c1-11-18(13-5-7-14(8-6-13)20(24)26)17(23)10-25-19(11)15(12-3-4-12)9-16(21(25)27)22(28)29-2/h5-10,12H,3-4H2,1-2H3,(H2,24,26). The number of nitrogens with zero attached hydrogens (tertiary/aromatic N) is 1. The predicted molar refractivity (Wildman–Crippen MR) is 106 cm³/mol. The second-order valence-corrected chi connectivity index (χ2v) is 7.22. The van der Waals surface area contributed by atoms with Crippen LogP contribution in [0, 0.1) is 12.7 Å². The van der Waals surface area contributed by atoms with Crippen LogP contribution in [-0.4, -0.2) is 23.4 Å². The topological polar surface area (TPSA) is 90.9 Å². The fourth-order valence-corrected chi connectivity index (χ4v) is 3.77. The molecular formula is C22H19FN2O4. The number of primary amides is 1. The third kappa shape index (κ3) is 3.08. The summed E-state index contributed by atoms with van der Waals surface area (Å²) in [5.41, 5.74) is 7.80. The number of rotatable bonds is 4. The third-order valence-electron chi connectivity index (χ3n) is 5.36. The van der Waals surface area contributed by atoms with Gasteiger partial charge in [-0.1, -0.05) is 12.1 Å². The molecule has 148 valence electrons. The van der Waals surface area contributed by atoms with E-state index >= 15 is 4.39 Å². The van der Waals surface area contributed by atoms with Crippen molar-refractivity contribution in [2.45, 2.75) is 25.7 Å². The Hall–Kier alpha value is -3.48. The van der Waals surface area contributed by atoms with Crippen molar-refractivity contribution in [3.05, 3.63) is 75.0 Å². The number of fused-ring (bicyclic) bond motifs is 1. The lowest BCUT2D eigenvalue weighted by Gasteiger charge is -2.16. The number of amides is 1. The summed E-state index contributed by atoms with van der Waals surface area (Å²) in [4.78, 5) is 36.2. The molecule has 1 fully saturated rings. The number of aromatic nitrogens is 1. The van der Waals surface area contributed by atoms with E-state index in [1.165, 1.54) is 23.6 Å². The van der Waals surface area contributed by atoms with Gasteiger partial charge in [-0.15, -0.1) is 0 Å². The molecule has 2 aromatic heterocycles. The van der Waals surface area contributed by atoms with Gasteiger partial charge in [0.25, 0.3) is 5.56 Å². The van der Waals surface area contributed by atoms with Gasteiger partial charge in [0.05, 0.1) is 12.6 Å². The van der Waals surface area contributed by atoms with Gasteiger partial charge in [-0.25, -0.2) is 9.18 Å². The fourth-order valence-electron chi connectivity index (χ4n) is 3.77. The lowest BCUT2D eigenvalue weighted by atomic mass is 9.95. The van der Waals surface area contributed by atoms with Crippen molar-refractivity contribution in [1.29, 1.82) is 0 Å². The van der Waals surface area contributed by atoms with Crippen LogP contribution in [0.3, 0.4) is 0 Å². The van der Waals surface area contributed by atoms with Gasteiger partial charge in [-0.3, -0.25) is 14.0 Å². The summed E-state index contributed by atoms with van der Waals surface area (Å²) in [6.45, 7) is 1.75. The molecule has 1 aromatic carbocycles. The van der Waals surface area contributed by atoms with Gasteiger partial charge in [0.2, 0.25) is 5.91 Å². The smallest absolute Gasteiger partial charge is 0.343 e. The lowest BCUT2D eigenvalue weighted by molar-refractivity contribution is 0.0598. The number of aryl methyl sites for hydroxylation is 1. The Morgan fingerprint density at radius 1 is 1.21 bits per heavy atom. The number of carbonyl (C=O) groups excluding carboxylic acids is 2. The molecule has 4 rings (SSSR count). The van der Waals surface area contributed by atoms with Gasteiger partial charge in [0.1, 0.15) is 11.4 Å². The predicted octanol–water partition coefficient (Wildman–Crippen LogP) is 3.18. The number of hydrogen-bond donors (Lipinski definition) is 1. The molecule has 6 nitrogen and oxygen atoms in total. The number of esters is 1. The van der Waals surface area contributed by atoms with Crippen LogP contribution in [0.15, 0.2) is 41.3 Å². The molecule has 1 aliphatic carbocycles. The zero-order chi connectivity index (χ0) is 20.9. The Balaban J connectivity index is 2.02. The zero-order valence-electron chi connectivity index (χ0n) is 16.0. The number of carbonyl (C=O) groups is 2. The Kier molecular flexibility index (Phi) is 4.45. The summed E-state index contributed by atoms with van der Waals surface area (Å²) in [6, 6.07) is 7.90. The van der Waals surface area contributed by atoms with E-state index in [0.29, 0.717) is 27.8 Å². The minimum Gasteiger partial charge on any atom is -0.465 e. The van der Waals surface area contributed by atoms with Crippen LogP contribution in [0.1, 0.15) is 50.6 Å². The molecule has 0 radical (unpaired) electrons. The van der Waals surface area contributed by atoms with E-state index in [4.69, 9.17) is 10.5 Å². The summed E-state index contributed by atoms with van der Waals surface area (Å²) in [5.74, 6) is -1.70. The lowest BCUT2D eigenvalue weighted by Crippen LogP contribution is -2.25. The highest BCUT2D eigenvalue weighted by atomic mass is 19.1. The average Bonchev–Trinajstić information content (AvgIpc) is 3.53. The van der Waals surface area contributed by atoms with E-state index in [1.807, 2.05) is 0 Å². The van der Waals surface area contributed by atoms with Crippen LogP contribution in [0.5, 0.6) is 0 Å². The Labute approximate surface area is 165 Å². The maximum Gasteiger partial charge on any atom is 0.343 e. The maximum absolute atomic E-state index is 15.1. The normalized spacial score (nSPS) is 13.5. The summed E-state index contributed by atoms with van der Waals surface area (Å²) in [5, 5.41) is 0. The van der Waals surface area contributed by atoms with Crippen molar-refractivity contribution in [2.24, 2.45) is 5.73 Å². The Bertz CT molecular complexity index is 1220. The van der Waals surface area contributed by atoms with Crippen LogP contribution < -0.4 is 11.3 Å². The number of nitrogens with two attached hydrogens (primary N) is 1. The quantitative estimate of drug-likeness (QED) is 0.688. The van der Waals surface area contributed by atoms with Crippen molar-refractivity contribution in [3.8, 4) is 11.1 Å². The van der Waals surface area contributed by atoms with Gasteiger partial charge < -0.3 is 10.5 Å². The van der Waals surface area contributed by atoms with Gasteiger partial charge >= 0.3 is 5.97 Å². The molecular weight excluding hydrogens is 375 g/mol. The molecule has 1 amide bonds. The van der Waals surface area contributed by atoms with Crippen molar-refractivity contribution >= 4 is 17.4 Å². The molecule has 0 saturated heterocycles. The Morgan fingerprint density at radius 2 is 1.86 bits per heavy atom. The van der Waals surface area contributed by atoms with Gasteiger partial charge in [-0.2, -0.15) is 0 Å². The van der Waals surface area contributed by atoms with Crippen molar-refractivity contribution < 1.29 is 18.7 Å². The van der Waals surface area contributed by atoms with Gasteiger partial charge in [0, 0.05) is 17.3 Å². The van der Waals surface area contributed by atoms with Crippen LogP contribution in [0.25, 0.3) is 16.6 Å². The maximum atomic E-state index is 15.1. The van der Waals surface area contributed by atoms with E-state index in [2.05, 4.69) is 0 Å². The van der Waals surface area contributed by atoms with Crippen LogP contribution >= 0.6 is 0 Å². The first-order chi connectivity index (χ1) is 13.8. The molecule has 0 atom stereocenters. The summed E-state index contributed by atoms with van der Waals surface area (Å²) < 4.78 is 21.0. The second-order valence-electron chi connectivity index (χ2n) is 7.22. The minimum absolute atomic E-state index is 0.107. The van der Waals surface area contributed by atoms with Gasteiger partial charge in [-0.05, 0) is 60.6 Å². The molecule has 0 unspecified atom stereocenters. The van der Waals surface area contributed by atoms with E-state index in [9.17, 15) is 14.4 Å². The molecule has 0 bridgehead atoms. The second kappa shape index (κ2) is 6.84. The molecule has 0 spiro atoms. The molecule has 0 aliphatic heterocycles. The molecule has 2 N–H and O–H groups in total. The highest BCUT2D eigenvalue weighted by Crippen LogP contribution is 2.43. The number of methoxy groups -OCH3 is 1. The zero-order valence-corrected chi connectivity index (χ0v) is 16.0. The van der Waals surface area contributed by atoms with Crippen LogP contribution in [0.4, 0.5) is 4.39 Å². The first-order valence-corrected chi connectivity index (χ1v) is 9.20. The third-order valence-corrected chi connectivity index (χ3v) is 5.36. The summed E-state index contributed by atoms with van der Waals surface area (Å²) in [6.07, 6.45) is 2.99. The largest absolute Gasteiger partial charge is 0.465 e. The van der Waals surface area contributed by atoms with Crippen molar-refractivity contribution in [1.82, 2.24) is 4.40 Å². The number of ether oxygens (including phenoxy) is 1. The fraction of sp³-hybridized carbons (Fsp3) is 0.227. The van der Waals surface area contributed by atoms with Crippen molar-refractivity contribution in [3.63, 3.8) is 0 Å². The molecule has 29 heavy (non-hydrogen) atoms. The van der Waals surface area contributed by atoms with Crippen LogP contribution in [-0.2, 0) is 4.74 Å². The molecule has 7 heteroatoms. The average molecular weight is 394 g/mol. The Morgan fingerprint density at radius 3 is 2.41 bits per heavy atom. The number of benzene rings is 1. The molecule has 3 aromatic rings. The SMILES string of the molecule is COC(=O)c1cc(C2CC2)c2c(C)c(-c3ccc(C(N)=O)cc3)c(F)cn2c1=O. The monoisotopic (exact) mass is 394 g/mol. The van der Waals surface area contributed by atoms with E-state index in [-0.39, 0.29) is 11.5 Å². The molecule has 1 saturated carbocycles. The number of pyridine rings is 2.